The number of rotatable bonds is 2. The van der Waals surface area contributed by atoms with E-state index in [2.05, 4.69) is 4.98 Å². The van der Waals surface area contributed by atoms with E-state index >= 15 is 0 Å². The minimum absolute atomic E-state index is 0.426. The summed E-state index contributed by atoms with van der Waals surface area (Å²) >= 11 is 0. The second-order valence-corrected chi connectivity index (χ2v) is 3.03. The molecule has 0 fully saturated rings. The molecule has 0 aliphatic heterocycles. The molecule has 0 unspecified atom stereocenters. The number of pyridine rings is 1. The molecule has 1 heterocycles. The molecule has 15 heavy (non-hydrogen) atoms. The molecule has 0 atom stereocenters. The number of fused-ring (bicyclic) bond motifs is 1. The number of benzene rings is 1. The van der Waals surface area contributed by atoms with E-state index < -0.39 is 5.95 Å². The Labute approximate surface area is 86.5 Å². The Morgan fingerprint density at radius 1 is 1.13 bits per heavy atom. The van der Waals surface area contributed by atoms with Gasteiger partial charge < -0.3 is 9.47 Å². The topological polar surface area (TPSA) is 31.4 Å². The molecular formula is C11H10FNO2. The van der Waals surface area contributed by atoms with Crippen LogP contribution in [0.4, 0.5) is 4.39 Å². The van der Waals surface area contributed by atoms with Crippen LogP contribution in [0.25, 0.3) is 10.8 Å². The highest BCUT2D eigenvalue weighted by Crippen LogP contribution is 2.29. The molecule has 2 rings (SSSR count). The second-order valence-electron chi connectivity index (χ2n) is 3.03. The Balaban J connectivity index is 2.77. The summed E-state index contributed by atoms with van der Waals surface area (Å²) in [7, 11) is 3.08. The largest absolute Gasteiger partial charge is 0.497 e. The van der Waals surface area contributed by atoms with Gasteiger partial charge in [-0.05, 0) is 18.2 Å². The molecule has 78 valence electrons. The van der Waals surface area contributed by atoms with Crippen molar-refractivity contribution < 1.29 is 13.9 Å². The Hall–Kier alpha value is -1.84. The number of hydrogen-bond donors (Lipinski definition) is 0. The van der Waals surface area contributed by atoms with Crippen molar-refractivity contribution in [2.75, 3.05) is 14.2 Å². The maximum absolute atomic E-state index is 13.3. The van der Waals surface area contributed by atoms with Gasteiger partial charge in [-0.3, -0.25) is 0 Å². The van der Waals surface area contributed by atoms with Crippen molar-refractivity contribution >= 4 is 10.8 Å². The van der Waals surface area contributed by atoms with Gasteiger partial charge in [0.25, 0.3) is 0 Å². The second kappa shape index (κ2) is 3.73. The maximum atomic E-state index is 13.3. The zero-order valence-electron chi connectivity index (χ0n) is 8.45. The summed E-state index contributed by atoms with van der Waals surface area (Å²) < 4.78 is 23.5. The molecular weight excluding hydrogens is 197 g/mol. The quantitative estimate of drug-likeness (QED) is 0.708. The lowest BCUT2D eigenvalue weighted by Gasteiger charge is -2.07. The summed E-state index contributed by atoms with van der Waals surface area (Å²) in [6, 6.07) is 5.03. The van der Waals surface area contributed by atoms with Crippen LogP contribution >= 0.6 is 0 Å². The fourth-order valence-electron chi connectivity index (χ4n) is 1.45. The Morgan fingerprint density at radius 2 is 1.93 bits per heavy atom. The monoisotopic (exact) mass is 207 g/mol. The van der Waals surface area contributed by atoms with Crippen LogP contribution in [0, 0.1) is 5.95 Å². The van der Waals surface area contributed by atoms with Gasteiger partial charge in [-0.1, -0.05) is 0 Å². The molecule has 0 bridgehead atoms. The predicted octanol–water partition coefficient (Wildman–Crippen LogP) is 2.39. The average molecular weight is 207 g/mol. The summed E-state index contributed by atoms with van der Waals surface area (Å²) in [4.78, 5) is 3.60. The van der Waals surface area contributed by atoms with Crippen molar-refractivity contribution in [3.05, 3.63) is 30.3 Å². The van der Waals surface area contributed by atoms with Gasteiger partial charge in [-0.25, -0.2) is 4.98 Å². The third-order valence-corrected chi connectivity index (χ3v) is 2.23. The first-order valence-corrected chi connectivity index (χ1v) is 4.42. The smallest absolute Gasteiger partial charge is 0.220 e. The van der Waals surface area contributed by atoms with E-state index in [-0.39, 0.29) is 0 Å². The van der Waals surface area contributed by atoms with Gasteiger partial charge in [0.2, 0.25) is 5.95 Å². The fraction of sp³-hybridized carbons (Fsp3) is 0.182. The zero-order valence-corrected chi connectivity index (χ0v) is 8.45. The molecule has 0 radical (unpaired) electrons. The highest BCUT2D eigenvalue weighted by molar-refractivity contribution is 5.88. The minimum atomic E-state index is -0.506. The number of hydrogen-bond acceptors (Lipinski definition) is 3. The Kier molecular flexibility index (Phi) is 2.41. The zero-order chi connectivity index (χ0) is 10.8. The van der Waals surface area contributed by atoms with Crippen LogP contribution in [-0.4, -0.2) is 19.2 Å². The number of ether oxygens (including phenoxy) is 2. The average Bonchev–Trinajstić information content (AvgIpc) is 2.29. The molecule has 0 N–H and O–H groups in total. The maximum Gasteiger partial charge on any atom is 0.220 e. The molecule has 0 spiro atoms. The SMILES string of the molecule is COc1ccc2c(F)ncc(OC)c2c1. The first-order valence-electron chi connectivity index (χ1n) is 4.42. The van der Waals surface area contributed by atoms with Crippen LogP contribution in [0.5, 0.6) is 11.5 Å². The fourth-order valence-corrected chi connectivity index (χ4v) is 1.45. The van der Waals surface area contributed by atoms with Crippen LogP contribution < -0.4 is 9.47 Å². The van der Waals surface area contributed by atoms with Crippen LogP contribution in [0.15, 0.2) is 24.4 Å². The van der Waals surface area contributed by atoms with Gasteiger partial charge in [0.15, 0.2) is 0 Å². The van der Waals surface area contributed by atoms with E-state index in [9.17, 15) is 4.39 Å². The third-order valence-electron chi connectivity index (χ3n) is 2.23. The first kappa shape index (κ1) is 9.71. The Morgan fingerprint density at radius 3 is 2.60 bits per heavy atom. The molecule has 0 aliphatic rings. The number of nitrogens with zero attached hydrogens (tertiary/aromatic N) is 1. The molecule has 0 saturated carbocycles. The van der Waals surface area contributed by atoms with Crippen molar-refractivity contribution in [1.29, 1.82) is 0 Å². The van der Waals surface area contributed by atoms with E-state index in [1.807, 2.05) is 0 Å². The summed E-state index contributed by atoms with van der Waals surface area (Å²) in [5.41, 5.74) is 0. The molecule has 1 aromatic carbocycles. The number of halogens is 1. The molecule has 1 aromatic heterocycles. The molecule has 4 heteroatoms. The molecule has 0 amide bonds. The Bertz CT molecular complexity index is 499. The van der Waals surface area contributed by atoms with Gasteiger partial charge >= 0.3 is 0 Å². The van der Waals surface area contributed by atoms with E-state index in [0.29, 0.717) is 22.3 Å². The lowest BCUT2D eigenvalue weighted by atomic mass is 10.1. The predicted molar refractivity (Wildman–Crippen MR) is 54.8 cm³/mol. The van der Waals surface area contributed by atoms with E-state index in [1.54, 1.807) is 25.3 Å². The van der Waals surface area contributed by atoms with Crippen LogP contribution in [-0.2, 0) is 0 Å². The standard InChI is InChI=1S/C11H10FNO2/c1-14-7-3-4-8-9(5-7)10(15-2)6-13-11(8)12/h3-6H,1-2H3. The molecule has 0 aliphatic carbocycles. The van der Waals surface area contributed by atoms with Crippen LogP contribution in [0.2, 0.25) is 0 Å². The van der Waals surface area contributed by atoms with Gasteiger partial charge in [-0.2, -0.15) is 4.39 Å². The van der Waals surface area contributed by atoms with Crippen LogP contribution in [0.1, 0.15) is 0 Å². The van der Waals surface area contributed by atoms with Crippen molar-refractivity contribution in [3.8, 4) is 11.5 Å². The van der Waals surface area contributed by atoms with Gasteiger partial charge in [0.1, 0.15) is 11.5 Å². The van der Waals surface area contributed by atoms with E-state index in [1.165, 1.54) is 13.3 Å². The highest BCUT2D eigenvalue weighted by atomic mass is 19.1. The van der Waals surface area contributed by atoms with Gasteiger partial charge in [0, 0.05) is 10.8 Å². The van der Waals surface area contributed by atoms with Crippen molar-refractivity contribution in [3.63, 3.8) is 0 Å². The van der Waals surface area contributed by atoms with E-state index in [0.717, 1.165) is 0 Å². The lowest BCUT2D eigenvalue weighted by molar-refractivity contribution is 0.410. The van der Waals surface area contributed by atoms with Gasteiger partial charge in [0.05, 0.1) is 20.4 Å². The molecule has 2 aromatic rings. The normalized spacial score (nSPS) is 10.3. The number of methoxy groups -OCH3 is 2. The van der Waals surface area contributed by atoms with Crippen molar-refractivity contribution in [1.82, 2.24) is 4.98 Å². The summed E-state index contributed by atoms with van der Waals surface area (Å²) in [6.45, 7) is 0. The summed E-state index contributed by atoms with van der Waals surface area (Å²) in [6.07, 6.45) is 1.36. The number of aromatic nitrogens is 1. The lowest BCUT2D eigenvalue weighted by Crippen LogP contribution is -1.92. The summed E-state index contributed by atoms with van der Waals surface area (Å²) in [5, 5.41) is 1.08. The highest BCUT2D eigenvalue weighted by Gasteiger charge is 2.08. The first-order chi connectivity index (χ1) is 7.26. The van der Waals surface area contributed by atoms with E-state index in [4.69, 9.17) is 9.47 Å². The summed E-state index contributed by atoms with van der Waals surface area (Å²) in [5.74, 6) is 0.685. The van der Waals surface area contributed by atoms with Crippen molar-refractivity contribution in [2.24, 2.45) is 0 Å². The van der Waals surface area contributed by atoms with Crippen LogP contribution in [0.3, 0.4) is 0 Å². The minimum Gasteiger partial charge on any atom is -0.497 e. The van der Waals surface area contributed by atoms with Gasteiger partial charge in [-0.15, -0.1) is 0 Å². The molecule has 3 nitrogen and oxygen atoms in total. The third kappa shape index (κ3) is 1.58. The molecule has 0 saturated heterocycles. The van der Waals surface area contributed by atoms with Crippen molar-refractivity contribution in [2.45, 2.75) is 0 Å².